The highest BCUT2D eigenvalue weighted by Gasteiger charge is 2.36. The molecule has 0 aliphatic heterocycles. The lowest BCUT2D eigenvalue weighted by atomic mass is 9.80. The summed E-state index contributed by atoms with van der Waals surface area (Å²) in [5.74, 6) is 0.394. The minimum atomic E-state index is -0.991. The van der Waals surface area contributed by atoms with Gasteiger partial charge in [-0.05, 0) is 18.6 Å². The predicted octanol–water partition coefficient (Wildman–Crippen LogP) is 1.93. The van der Waals surface area contributed by atoms with Crippen LogP contribution in [-0.2, 0) is 14.3 Å². The molecule has 0 saturated heterocycles. The van der Waals surface area contributed by atoms with Gasteiger partial charge in [0.05, 0.1) is 20.6 Å². The first-order chi connectivity index (χ1) is 7.07. The Hall–Kier alpha value is -1.45. The summed E-state index contributed by atoms with van der Waals surface area (Å²) in [6.45, 7) is 1.83. The van der Waals surface area contributed by atoms with Crippen molar-refractivity contribution in [2.24, 2.45) is 5.41 Å². The van der Waals surface area contributed by atoms with Gasteiger partial charge in [-0.3, -0.25) is 4.79 Å². The van der Waals surface area contributed by atoms with Crippen LogP contribution in [0.15, 0.2) is 23.7 Å². The van der Waals surface area contributed by atoms with Gasteiger partial charge in [0.25, 0.3) is 0 Å². The standard InChI is InChI=1S/C11H16O4/c1-4-11(10(12)13)6-8(14-2)5-9(7-11)15-3/h6-7H,4-5H2,1-3H3,(H,12,13). The van der Waals surface area contributed by atoms with Gasteiger partial charge in [0.2, 0.25) is 0 Å². The molecule has 0 bridgehead atoms. The van der Waals surface area contributed by atoms with Gasteiger partial charge in [-0.25, -0.2) is 0 Å². The third-order valence-electron chi connectivity index (χ3n) is 2.69. The molecule has 0 aromatic heterocycles. The smallest absolute Gasteiger partial charge is 0.317 e. The van der Waals surface area contributed by atoms with Crippen molar-refractivity contribution in [3.05, 3.63) is 23.7 Å². The van der Waals surface area contributed by atoms with Crippen LogP contribution in [0.2, 0.25) is 0 Å². The van der Waals surface area contributed by atoms with Gasteiger partial charge in [0.15, 0.2) is 0 Å². The van der Waals surface area contributed by atoms with E-state index in [0.717, 1.165) is 0 Å². The average molecular weight is 212 g/mol. The van der Waals surface area contributed by atoms with Gasteiger partial charge in [-0.1, -0.05) is 6.92 Å². The van der Waals surface area contributed by atoms with Crippen LogP contribution in [0.4, 0.5) is 0 Å². The van der Waals surface area contributed by atoms with Crippen molar-refractivity contribution in [2.75, 3.05) is 14.2 Å². The topological polar surface area (TPSA) is 55.8 Å². The molecule has 1 aliphatic carbocycles. The summed E-state index contributed by atoms with van der Waals surface area (Å²) in [4.78, 5) is 11.2. The van der Waals surface area contributed by atoms with Crippen molar-refractivity contribution in [3.63, 3.8) is 0 Å². The average Bonchev–Trinajstić information content (AvgIpc) is 2.27. The van der Waals surface area contributed by atoms with Crippen LogP contribution in [0.5, 0.6) is 0 Å². The van der Waals surface area contributed by atoms with E-state index in [2.05, 4.69) is 0 Å². The molecule has 0 aromatic carbocycles. The molecule has 1 rings (SSSR count). The molecule has 0 spiro atoms. The van der Waals surface area contributed by atoms with Crippen LogP contribution in [0, 0.1) is 5.41 Å². The van der Waals surface area contributed by atoms with Gasteiger partial charge in [0, 0.05) is 0 Å². The lowest BCUT2D eigenvalue weighted by molar-refractivity contribution is -0.144. The van der Waals surface area contributed by atoms with Crippen LogP contribution in [0.3, 0.4) is 0 Å². The Bertz CT molecular complexity index is 295. The summed E-state index contributed by atoms with van der Waals surface area (Å²) < 4.78 is 10.2. The number of aliphatic carboxylic acids is 1. The first-order valence-electron chi connectivity index (χ1n) is 4.82. The summed E-state index contributed by atoms with van der Waals surface area (Å²) in [6.07, 6.45) is 4.29. The molecule has 0 unspecified atom stereocenters. The lowest BCUT2D eigenvalue weighted by Gasteiger charge is -2.27. The minimum absolute atomic E-state index is 0.474. The van der Waals surface area contributed by atoms with Crippen molar-refractivity contribution in [3.8, 4) is 0 Å². The molecule has 15 heavy (non-hydrogen) atoms. The fourth-order valence-electron chi connectivity index (χ4n) is 1.63. The van der Waals surface area contributed by atoms with E-state index < -0.39 is 11.4 Å². The number of carbonyl (C=O) groups is 1. The van der Waals surface area contributed by atoms with E-state index in [-0.39, 0.29) is 0 Å². The molecular formula is C11H16O4. The third-order valence-corrected chi connectivity index (χ3v) is 2.69. The van der Waals surface area contributed by atoms with E-state index in [4.69, 9.17) is 9.47 Å². The van der Waals surface area contributed by atoms with Crippen molar-refractivity contribution in [2.45, 2.75) is 19.8 Å². The number of hydrogen-bond acceptors (Lipinski definition) is 3. The van der Waals surface area contributed by atoms with E-state index in [1.165, 1.54) is 14.2 Å². The van der Waals surface area contributed by atoms with Gasteiger partial charge in [-0.2, -0.15) is 0 Å². The molecule has 0 heterocycles. The molecule has 0 atom stereocenters. The molecule has 1 N–H and O–H groups in total. The summed E-state index contributed by atoms with van der Waals surface area (Å²) in [5, 5.41) is 9.22. The number of carboxylic acids is 1. The zero-order chi connectivity index (χ0) is 11.5. The monoisotopic (exact) mass is 212 g/mol. The fraction of sp³-hybridized carbons (Fsp3) is 0.545. The second kappa shape index (κ2) is 4.38. The Kier molecular flexibility index (Phi) is 3.39. The Morgan fingerprint density at radius 3 is 2.13 bits per heavy atom. The second-order valence-corrected chi connectivity index (χ2v) is 3.51. The van der Waals surface area contributed by atoms with Crippen molar-refractivity contribution in [1.29, 1.82) is 0 Å². The summed E-state index contributed by atoms with van der Waals surface area (Å²) >= 11 is 0. The molecule has 0 aromatic rings. The Labute approximate surface area is 89.2 Å². The molecule has 84 valence electrons. The maximum absolute atomic E-state index is 11.2. The van der Waals surface area contributed by atoms with Crippen LogP contribution in [0.25, 0.3) is 0 Å². The zero-order valence-corrected chi connectivity index (χ0v) is 9.24. The van der Waals surface area contributed by atoms with E-state index >= 15 is 0 Å². The first-order valence-corrected chi connectivity index (χ1v) is 4.82. The number of hydrogen-bond donors (Lipinski definition) is 1. The molecule has 4 heteroatoms. The first kappa shape index (κ1) is 11.6. The summed E-state index contributed by atoms with van der Waals surface area (Å²) in [5.41, 5.74) is -0.991. The van der Waals surface area contributed by atoms with Crippen LogP contribution in [0.1, 0.15) is 19.8 Å². The molecule has 0 saturated carbocycles. The number of ether oxygens (including phenoxy) is 2. The lowest BCUT2D eigenvalue weighted by Crippen LogP contribution is -2.29. The summed E-state index contributed by atoms with van der Waals surface area (Å²) in [7, 11) is 3.07. The molecule has 0 fully saturated rings. The van der Waals surface area contributed by atoms with Crippen molar-refractivity contribution < 1.29 is 19.4 Å². The van der Waals surface area contributed by atoms with Crippen LogP contribution >= 0.6 is 0 Å². The Morgan fingerprint density at radius 1 is 1.40 bits per heavy atom. The fourth-order valence-corrected chi connectivity index (χ4v) is 1.63. The largest absolute Gasteiger partial charge is 0.501 e. The number of carboxylic acid groups (broad SMARTS) is 1. The van der Waals surface area contributed by atoms with E-state index in [9.17, 15) is 9.90 Å². The normalized spacial score (nSPS) is 18.9. The predicted molar refractivity (Wildman–Crippen MR) is 55.2 cm³/mol. The maximum Gasteiger partial charge on any atom is 0.317 e. The third kappa shape index (κ3) is 2.14. The highest BCUT2D eigenvalue weighted by atomic mass is 16.5. The Balaban J connectivity index is 3.12. The second-order valence-electron chi connectivity index (χ2n) is 3.51. The van der Waals surface area contributed by atoms with E-state index in [1.807, 2.05) is 6.92 Å². The van der Waals surface area contributed by atoms with Gasteiger partial charge in [0.1, 0.15) is 16.9 Å². The summed E-state index contributed by atoms with van der Waals surface area (Å²) in [6, 6.07) is 0. The minimum Gasteiger partial charge on any atom is -0.501 e. The molecule has 0 amide bonds. The molecule has 0 radical (unpaired) electrons. The Morgan fingerprint density at radius 2 is 1.87 bits per heavy atom. The van der Waals surface area contributed by atoms with Gasteiger partial charge < -0.3 is 14.6 Å². The van der Waals surface area contributed by atoms with Crippen LogP contribution in [-0.4, -0.2) is 25.3 Å². The van der Waals surface area contributed by atoms with Crippen molar-refractivity contribution in [1.82, 2.24) is 0 Å². The van der Waals surface area contributed by atoms with Crippen molar-refractivity contribution >= 4 is 5.97 Å². The van der Waals surface area contributed by atoms with Crippen LogP contribution < -0.4 is 0 Å². The molecule has 4 nitrogen and oxygen atoms in total. The highest BCUT2D eigenvalue weighted by molar-refractivity contribution is 5.80. The van der Waals surface area contributed by atoms with E-state index in [1.54, 1.807) is 12.2 Å². The molecule has 1 aliphatic rings. The number of rotatable bonds is 4. The highest BCUT2D eigenvalue weighted by Crippen LogP contribution is 2.35. The molecular weight excluding hydrogens is 196 g/mol. The van der Waals surface area contributed by atoms with Gasteiger partial charge in [-0.15, -0.1) is 0 Å². The quantitative estimate of drug-likeness (QED) is 0.773. The SMILES string of the molecule is CCC1(C(=O)O)C=C(OC)CC(OC)=C1. The van der Waals surface area contributed by atoms with E-state index in [0.29, 0.717) is 24.4 Å². The van der Waals surface area contributed by atoms with Gasteiger partial charge >= 0.3 is 5.97 Å². The number of methoxy groups -OCH3 is 2. The maximum atomic E-state index is 11.2. The zero-order valence-electron chi connectivity index (χ0n) is 9.24.